The lowest BCUT2D eigenvalue weighted by Gasteiger charge is -2.33. The molecule has 3 aromatic carbocycles. The van der Waals surface area contributed by atoms with Gasteiger partial charge in [-0.05, 0) is 98.5 Å². The van der Waals surface area contributed by atoms with E-state index in [0.29, 0.717) is 48.2 Å². The molecule has 288 valence electrons. The van der Waals surface area contributed by atoms with Crippen LogP contribution >= 0.6 is 11.6 Å². The molecular formula is C44H49ClN4O6. The maximum absolute atomic E-state index is 12.1. The van der Waals surface area contributed by atoms with Gasteiger partial charge in [-0.15, -0.1) is 0 Å². The van der Waals surface area contributed by atoms with Crippen LogP contribution in [0.5, 0.6) is 17.2 Å². The number of nitriles is 1. The van der Waals surface area contributed by atoms with Crippen molar-refractivity contribution in [3.63, 3.8) is 0 Å². The highest BCUT2D eigenvalue weighted by molar-refractivity contribution is 6.32. The van der Waals surface area contributed by atoms with E-state index in [0.717, 1.165) is 96.4 Å². The van der Waals surface area contributed by atoms with Crippen LogP contribution in [0.4, 0.5) is 0 Å². The van der Waals surface area contributed by atoms with E-state index in [-0.39, 0.29) is 24.7 Å². The lowest BCUT2D eigenvalue weighted by atomic mass is 9.93. The molecule has 2 aliphatic heterocycles. The summed E-state index contributed by atoms with van der Waals surface area (Å²) in [5.74, 6) is 1.04. The smallest absolute Gasteiger partial charge is 0.320 e. The van der Waals surface area contributed by atoms with Crippen molar-refractivity contribution in [1.29, 1.82) is 5.26 Å². The highest BCUT2D eigenvalue weighted by atomic mass is 35.5. The van der Waals surface area contributed by atoms with Gasteiger partial charge in [0.1, 0.15) is 42.6 Å². The van der Waals surface area contributed by atoms with Crippen LogP contribution in [0, 0.1) is 30.6 Å². The second-order valence-electron chi connectivity index (χ2n) is 15.5. The van der Waals surface area contributed by atoms with Crippen molar-refractivity contribution < 1.29 is 29.2 Å². The molecule has 11 heteroatoms. The Hall–Kier alpha value is -4.66. The van der Waals surface area contributed by atoms with Crippen molar-refractivity contribution >= 4 is 17.6 Å². The lowest BCUT2D eigenvalue weighted by molar-refractivity contribution is -0.144. The summed E-state index contributed by atoms with van der Waals surface area (Å²) in [5.41, 5.74) is 7.49. The minimum atomic E-state index is -0.832. The van der Waals surface area contributed by atoms with Crippen molar-refractivity contribution in [2.24, 2.45) is 5.41 Å². The van der Waals surface area contributed by atoms with Crippen molar-refractivity contribution in [3.05, 3.63) is 105 Å². The molecule has 4 aromatic rings. The Labute approximate surface area is 328 Å². The fourth-order valence-electron chi connectivity index (χ4n) is 7.95. The quantitative estimate of drug-likeness (QED) is 0.124. The first kappa shape index (κ1) is 38.6. The minimum absolute atomic E-state index is 0.159. The van der Waals surface area contributed by atoms with Gasteiger partial charge >= 0.3 is 5.97 Å². The van der Waals surface area contributed by atoms with Crippen molar-refractivity contribution in [2.75, 3.05) is 32.8 Å². The summed E-state index contributed by atoms with van der Waals surface area (Å²) in [4.78, 5) is 20.6. The van der Waals surface area contributed by atoms with Gasteiger partial charge in [-0.2, -0.15) is 5.26 Å². The molecule has 3 fully saturated rings. The summed E-state index contributed by atoms with van der Waals surface area (Å²) in [7, 11) is 0. The van der Waals surface area contributed by atoms with E-state index in [1.165, 1.54) is 6.20 Å². The minimum Gasteiger partial charge on any atom is -0.493 e. The molecule has 0 spiro atoms. The predicted molar refractivity (Wildman–Crippen MR) is 210 cm³/mol. The molecule has 7 rings (SSSR count). The molecule has 2 unspecified atom stereocenters. The number of hydrogen-bond acceptors (Lipinski definition) is 9. The van der Waals surface area contributed by atoms with Crippen molar-refractivity contribution in [3.8, 4) is 34.4 Å². The van der Waals surface area contributed by atoms with Gasteiger partial charge in [-0.1, -0.05) is 48.4 Å². The molecule has 3 heterocycles. The number of ether oxygens (including phenoxy) is 3. The van der Waals surface area contributed by atoms with Crippen LogP contribution in [-0.4, -0.2) is 75.9 Å². The maximum atomic E-state index is 12.1. The fraction of sp³-hybridized carbons (Fsp3) is 0.432. The molecule has 1 aliphatic carbocycles. The highest BCUT2D eigenvalue weighted by Gasteiger charge is 2.45. The van der Waals surface area contributed by atoms with E-state index in [4.69, 9.17) is 25.8 Å². The second-order valence-corrected chi connectivity index (χ2v) is 15.9. The van der Waals surface area contributed by atoms with E-state index in [9.17, 15) is 20.3 Å². The van der Waals surface area contributed by atoms with Gasteiger partial charge in [-0.25, -0.2) is 0 Å². The summed E-state index contributed by atoms with van der Waals surface area (Å²) in [6.07, 6.45) is 8.48. The number of rotatable bonds is 15. The van der Waals surface area contributed by atoms with E-state index in [1.807, 2.05) is 23.1 Å². The standard InChI is InChI=1S/C44H49ClN4O6/c1-29-33(7-5-8-36(29)37-9-6-11-40(30(37)2)55-28-44(13-14-44)27-48-16-12-35(50)24-48)26-54-42-19-41(53-25-32-17-31(20-46)21-47-22-32)34(18-38(42)45)23-49-15-4-3-10-39(49)43(51)52/h5-9,11,17-19,21-22,35,39,50H,3-4,10,12-16,23-28H2,1-2H3,(H,51,52). The number of pyridine rings is 1. The number of β-amino-alcohol motifs (C(OH)–C–C–N with tert-alkyl or cyclic N) is 1. The number of piperidine rings is 1. The highest BCUT2D eigenvalue weighted by Crippen LogP contribution is 2.47. The third-order valence-corrected chi connectivity index (χ3v) is 11.7. The topological polar surface area (TPSA) is 128 Å². The van der Waals surface area contributed by atoms with Gasteiger partial charge < -0.3 is 24.4 Å². The van der Waals surface area contributed by atoms with Gasteiger partial charge in [0.05, 0.1) is 23.3 Å². The van der Waals surface area contributed by atoms with Crippen LogP contribution in [0.3, 0.4) is 0 Å². The number of halogens is 1. The van der Waals surface area contributed by atoms with E-state index in [2.05, 4.69) is 54.1 Å². The molecule has 0 radical (unpaired) electrons. The van der Waals surface area contributed by atoms with Gasteiger partial charge in [0, 0.05) is 61.2 Å². The van der Waals surface area contributed by atoms with Gasteiger partial charge in [-0.3, -0.25) is 19.6 Å². The summed E-state index contributed by atoms with van der Waals surface area (Å²) < 4.78 is 19.2. The Balaban J connectivity index is 1.08. The SMILES string of the molecule is Cc1c(COc2cc(OCc3cncc(C#N)c3)c(CN3CCCCC3C(=O)O)cc2Cl)cccc1-c1cccc(OCC2(CN3CCC(O)C3)CC2)c1C. The second kappa shape index (κ2) is 17.0. The summed E-state index contributed by atoms with van der Waals surface area (Å²) in [6, 6.07) is 19.3. The molecule has 3 aliphatic rings. The Morgan fingerprint density at radius 1 is 0.927 bits per heavy atom. The number of aromatic nitrogens is 1. The molecule has 2 saturated heterocycles. The molecular weight excluding hydrogens is 716 g/mol. The number of aliphatic hydroxyl groups excluding tert-OH is 1. The number of benzene rings is 3. The molecule has 1 aromatic heterocycles. The van der Waals surface area contributed by atoms with Crippen LogP contribution < -0.4 is 14.2 Å². The zero-order chi connectivity index (χ0) is 38.5. The van der Waals surface area contributed by atoms with Crippen molar-refractivity contribution in [1.82, 2.24) is 14.8 Å². The Morgan fingerprint density at radius 2 is 1.71 bits per heavy atom. The van der Waals surface area contributed by atoms with Gasteiger partial charge in [0.2, 0.25) is 0 Å². The van der Waals surface area contributed by atoms with Gasteiger partial charge in [0.15, 0.2) is 0 Å². The van der Waals surface area contributed by atoms with E-state index in [1.54, 1.807) is 18.3 Å². The number of likely N-dealkylation sites (tertiary alicyclic amines) is 2. The molecule has 55 heavy (non-hydrogen) atoms. The lowest BCUT2D eigenvalue weighted by Crippen LogP contribution is -2.44. The number of aliphatic carboxylic acids is 1. The fourth-order valence-corrected chi connectivity index (χ4v) is 8.19. The third kappa shape index (κ3) is 9.25. The number of aliphatic hydroxyl groups is 1. The number of carbonyl (C=O) groups is 1. The molecule has 0 amide bonds. The van der Waals surface area contributed by atoms with Crippen LogP contribution in [0.1, 0.15) is 71.9 Å². The van der Waals surface area contributed by atoms with Crippen LogP contribution in [0.15, 0.2) is 67.0 Å². The molecule has 0 bridgehead atoms. The average molecular weight is 765 g/mol. The van der Waals surface area contributed by atoms with E-state index >= 15 is 0 Å². The normalized spacial score (nSPS) is 19.5. The van der Waals surface area contributed by atoms with Crippen LogP contribution in [-0.2, 0) is 24.6 Å². The molecule has 1 saturated carbocycles. The zero-order valence-corrected chi connectivity index (χ0v) is 32.4. The largest absolute Gasteiger partial charge is 0.493 e. The maximum Gasteiger partial charge on any atom is 0.320 e. The first-order valence-corrected chi connectivity index (χ1v) is 19.6. The Morgan fingerprint density at radius 3 is 2.45 bits per heavy atom. The van der Waals surface area contributed by atoms with E-state index < -0.39 is 12.0 Å². The zero-order valence-electron chi connectivity index (χ0n) is 31.6. The molecule has 10 nitrogen and oxygen atoms in total. The number of carboxylic acid groups (broad SMARTS) is 1. The van der Waals surface area contributed by atoms with Crippen LogP contribution in [0.2, 0.25) is 5.02 Å². The molecule has 2 N–H and O–H groups in total. The number of hydrogen-bond donors (Lipinski definition) is 2. The summed E-state index contributed by atoms with van der Waals surface area (Å²) >= 11 is 6.88. The average Bonchev–Trinajstić information content (AvgIpc) is 3.83. The Bertz CT molecular complexity index is 2060. The third-order valence-electron chi connectivity index (χ3n) is 11.4. The summed E-state index contributed by atoms with van der Waals surface area (Å²) in [6.45, 7) is 9.01. The number of nitrogens with zero attached hydrogens (tertiary/aromatic N) is 4. The van der Waals surface area contributed by atoms with Gasteiger partial charge in [0.25, 0.3) is 0 Å². The summed E-state index contributed by atoms with van der Waals surface area (Å²) in [5, 5.41) is 29.7. The molecule has 2 atom stereocenters. The van der Waals surface area contributed by atoms with Crippen molar-refractivity contribution in [2.45, 2.75) is 84.3 Å². The first-order chi connectivity index (χ1) is 26.6. The monoisotopic (exact) mass is 764 g/mol. The first-order valence-electron chi connectivity index (χ1n) is 19.2. The van der Waals surface area contributed by atoms with Crippen LogP contribution in [0.25, 0.3) is 11.1 Å². The number of carboxylic acids is 1. The Kier molecular flexibility index (Phi) is 11.9. The predicted octanol–water partition coefficient (Wildman–Crippen LogP) is 7.71.